The third-order valence-electron chi connectivity index (χ3n) is 2.85. The van der Waals surface area contributed by atoms with Crippen molar-refractivity contribution in [3.8, 4) is 0 Å². The van der Waals surface area contributed by atoms with Crippen molar-refractivity contribution in [3.63, 3.8) is 0 Å². The van der Waals surface area contributed by atoms with Crippen molar-refractivity contribution in [3.05, 3.63) is 0 Å². The van der Waals surface area contributed by atoms with Crippen LogP contribution in [0.25, 0.3) is 0 Å². The minimum Gasteiger partial charge on any atom is -0.343 e. The van der Waals surface area contributed by atoms with Crippen LogP contribution in [-0.2, 0) is 14.4 Å². The van der Waals surface area contributed by atoms with Gasteiger partial charge in [-0.05, 0) is 6.54 Å². The van der Waals surface area contributed by atoms with Gasteiger partial charge >= 0.3 is 0 Å². The number of imide groups is 1. The summed E-state index contributed by atoms with van der Waals surface area (Å²) in [7, 11) is 1.43. The molecule has 6 nitrogen and oxygen atoms in total. The van der Waals surface area contributed by atoms with E-state index < -0.39 is 6.04 Å². The topological polar surface area (TPSA) is 78.5 Å². The molecule has 0 radical (unpaired) electrons. The van der Waals surface area contributed by atoms with Gasteiger partial charge in [0, 0.05) is 19.5 Å². The molecule has 2 atom stereocenters. The largest absolute Gasteiger partial charge is 0.343 e. The van der Waals surface area contributed by atoms with Gasteiger partial charge in [-0.2, -0.15) is 0 Å². The van der Waals surface area contributed by atoms with Gasteiger partial charge in [0.15, 0.2) is 0 Å². The molecule has 2 N–H and O–H groups in total. The molecule has 0 spiro atoms. The number of nitrogens with zero attached hydrogens (tertiary/aromatic N) is 1. The van der Waals surface area contributed by atoms with Crippen molar-refractivity contribution >= 4 is 17.7 Å². The first-order valence-corrected chi connectivity index (χ1v) is 5.78. The smallest absolute Gasteiger partial charge is 0.252 e. The zero-order valence-electron chi connectivity index (χ0n) is 10.4. The zero-order chi connectivity index (χ0) is 13.0. The van der Waals surface area contributed by atoms with E-state index in [1.54, 1.807) is 6.92 Å². The Bertz CT molecular complexity index is 330. The lowest BCUT2D eigenvalue weighted by Crippen LogP contribution is -2.44. The van der Waals surface area contributed by atoms with E-state index in [2.05, 4.69) is 10.6 Å². The predicted octanol–water partition coefficient (Wildman–Crippen LogP) is -0.894. The summed E-state index contributed by atoms with van der Waals surface area (Å²) < 4.78 is 0. The van der Waals surface area contributed by atoms with Crippen LogP contribution >= 0.6 is 0 Å². The maximum Gasteiger partial charge on any atom is 0.252 e. The van der Waals surface area contributed by atoms with Crippen molar-refractivity contribution < 1.29 is 14.4 Å². The molecule has 1 rings (SSSR count). The molecule has 0 saturated carbocycles. The highest BCUT2D eigenvalue weighted by atomic mass is 16.2. The molecule has 1 aliphatic heterocycles. The predicted molar refractivity (Wildman–Crippen MR) is 62.0 cm³/mol. The van der Waals surface area contributed by atoms with Gasteiger partial charge in [-0.1, -0.05) is 13.8 Å². The Morgan fingerprint density at radius 1 is 1.53 bits per heavy atom. The highest BCUT2D eigenvalue weighted by Crippen LogP contribution is 2.11. The molecule has 1 saturated heterocycles. The average Bonchev–Trinajstić information content (AvgIpc) is 2.54. The van der Waals surface area contributed by atoms with Crippen molar-refractivity contribution in [1.29, 1.82) is 0 Å². The number of nitrogens with one attached hydrogen (secondary N) is 2. The average molecular weight is 241 g/mol. The summed E-state index contributed by atoms with van der Waals surface area (Å²) in [6, 6.07) is -0.691. The van der Waals surface area contributed by atoms with Crippen molar-refractivity contribution in [2.75, 3.05) is 20.1 Å². The van der Waals surface area contributed by atoms with Crippen molar-refractivity contribution in [2.45, 2.75) is 26.3 Å². The fourth-order valence-corrected chi connectivity index (χ4v) is 1.64. The van der Waals surface area contributed by atoms with Crippen LogP contribution in [-0.4, -0.2) is 48.8 Å². The second-order valence-electron chi connectivity index (χ2n) is 4.27. The second-order valence-corrected chi connectivity index (χ2v) is 4.27. The molecule has 0 aromatic heterocycles. The lowest BCUT2D eigenvalue weighted by atomic mass is 10.1. The minimum atomic E-state index is -0.691. The van der Waals surface area contributed by atoms with E-state index in [1.165, 1.54) is 7.05 Å². The molecule has 96 valence electrons. The molecule has 1 aliphatic rings. The first-order valence-electron chi connectivity index (χ1n) is 5.78. The number of carbonyl (C=O) groups excluding carboxylic acids is 3. The molecule has 2 unspecified atom stereocenters. The first-order chi connectivity index (χ1) is 7.97. The summed E-state index contributed by atoms with van der Waals surface area (Å²) in [5, 5.41) is 5.67. The van der Waals surface area contributed by atoms with E-state index in [9.17, 15) is 14.4 Å². The van der Waals surface area contributed by atoms with Gasteiger partial charge in [0.1, 0.15) is 6.04 Å². The number of hydrogen-bond donors (Lipinski definition) is 2. The summed E-state index contributed by atoms with van der Waals surface area (Å²) in [4.78, 5) is 35.6. The SMILES string of the molecule is CCNCC(C)C(=O)NC1CC(=O)N(C)C1=O. The number of likely N-dealkylation sites (tertiary alicyclic amines) is 1. The van der Waals surface area contributed by atoms with Crippen LogP contribution in [0.3, 0.4) is 0 Å². The molecular formula is C11H19N3O3. The number of carbonyl (C=O) groups is 3. The highest BCUT2D eigenvalue weighted by molar-refractivity contribution is 6.06. The lowest BCUT2D eigenvalue weighted by molar-refractivity contribution is -0.138. The summed E-state index contributed by atoms with van der Waals surface area (Å²) in [5.41, 5.74) is 0. The molecule has 6 heteroatoms. The van der Waals surface area contributed by atoms with Gasteiger partial charge in [0.05, 0.1) is 6.42 Å². The summed E-state index contributed by atoms with van der Waals surface area (Å²) in [6.45, 7) is 5.09. The quantitative estimate of drug-likeness (QED) is 0.612. The molecule has 1 heterocycles. The summed E-state index contributed by atoms with van der Waals surface area (Å²) in [5.74, 6) is -1.00. The third kappa shape index (κ3) is 3.26. The van der Waals surface area contributed by atoms with Crippen LogP contribution in [0.15, 0.2) is 0 Å². The second kappa shape index (κ2) is 5.77. The van der Waals surface area contributed by atoms with Crippen LogP contribution in [0.1, 0.15) is 20.3 Å². The maximum atomic E-state index is 11.7. The maximum absolute atomic E-state index is 11.7. The van der Waals surface area contributed by atoms with Crippen LogP contribution in [0, 0.1) is 5.92 Å². The van der Waals surface area contributed by atoms with Crippen LogP contribution in [0.4, 0.5) is 0 Å². The van der Waals surface area contributed by atoms with Crippen molar-refractivity contribution in [2.24, 2.45) is 5.92 Å². The summed E-state index contributed by atoms with van der Waals surface area (Å²) in [6.07, 6.45) is 0.0645. The Kier molecular flexibility index (Phi) is 4.62. The van der Waals surface area contributed by atoms with Gasteiger partial charge in [-0.15, -0.1) is 0 Å². The third-order valence-corrected chi connectivity index (χ3v) is 2.85. The molecule has 1 fully saturated rings. The van der Waals surface area contributed by atoms with E-state index in [0.29, 0.717) is 6.54 Å². The molecule has 17 heavy (non-hydrogen) atoms. The fourth-order valence-electron chi connectivity index (χ4n) is 1.64. The van der Waals surface area contributed by atoms with E-state index in [4.69, 9.17) is 0 Å². The van der Waals surface area contributed by atoms with E-state index in [-0.39, 0.29) is 30.1 Å². The van der Waals surface area contributed by atoms with Gasteiger partial charge in [-0.3, -0.25) is 19.3 Å². The Hall–Kier alpha value is -1.43. The van der Waals surface area contributed by atoms with Crippen LogP contribution < -0.4 is 10.6 Å². The molecule has 0 aromatic carbocycles. The van der Waals surface area contributed by atoms with Gasteiger partial charge in [0.2, 0.25) is 11.8 Å². The monoisotopic (exact) mass is 241 g/mol. The standard InChI is InChI=1S/C11H19N3O3/c1-4-12-6-7(2)10(16)13-8-5-9(15)14(3)11(8)17/h7-8,12H,4-6H2,1-3H3,(H,13,16). The number of hydrogen-bond acceptors (Lipinski definition) is 4. The van der Waals surface area contributed by atoms with E-state index >= 15 is 0 Å². The fraction of sp³-hybridized carbons (Fsp3) is 0.727. The normalized spacial score (nSPS) is 21.8. The minimum absolute atomic E-state index is 0.0645. The molecule has 3 amide bonds. The van der Waals surface area contributed by atoms with Gasteiger partial charge in [0.25, 0.3) is 5.91 Å². The number of likely N-dealkylation sites (N-methyl/N-ethyl adjacent to an activating group) is 1. The highest BCUT2D eigenvalue weighted by Gasteiger charge is 2.37. The van der Waals surface area contributed by atoms with E-state index in [0.717, 1.165) is 11.4 Å². The van der Waals surface area contributed by atoms with Crippen LogP contribution in [0.5, 0.6) is 0 Å². The molecular weight excluding hydrogens is 222 g/mol. The Labute approximate surface area is 101 Å². The van der Waals surface area contributed by atoms with E-state index in [1.807, 2.05) is 6.92 Å². The van der Waals surface area contributed by atoms with Crippen LogP contribution in [0.2, 0.25) is 0 Å². The van der Waals surface area contributed by atoms with Crippen molar-refractivity contribution in [1.82, 2.24) is 15.5 Å². The Morgan fingerprint density at radius 2 is 2.18 bits per heavy atom. The first kappa shape index (κ1) is 13.6. The Morgan fingerprint density at radius 3 is 2.65 bits per heavy atom. The zero-order valence-corrected chi connectivity index (χ0v) is 10.4. The van der Waals surface area contributed by atoms with Gasteiger partial charge < -0.3 is 10.6 Å². The lowest BCUT2D eigenvalue weighted by Gasteiger charge is -2.15. The molecule has 0 bridgehead atoms. The summed E-state index contributed by atoms with van der Waals surface area (Å²) >= 11 is 0. The Balaban J connectivity index is 2.47. The molecule has 0 aliphatic carbocycles. The number of rotatable bonds is 5. The molecule has 0 aromatic rings. The number of amides is 3. The van der Waals surface area contributed by atoms with Gasteiger partial charge in [-0.25, -0.2) is 0 Å².